The third kappa shape index (κ3) is 6.38. The van der Waals surface area contributed by atoms with Crippen LogP contribution < -0.4 is 5.32 Å². The first-order chi connectivity index (χ1) is 13.2. The van der Waals surface area contributed by atoms with Crippen LogP contribution in [-0.4, -0.2) is 43.3 Å². The van der Waals surface area contributed by atoms with Gasteiger partial charge in [-0.25, -0.2) is 4.79 Å². The van der Waals surface area contributed by atoms with E-state index in [0.29, 0.717) is 32.9 Å². The van der Waals surface area contributed by atoms with Crippen LogP contribution in [0.1, 0.15) is 24.0 Å². The van der Waals surface area contributed by atoms with Crippen LogP contribution in [0.2, 0.25) is 0 Å². The summed E-state index contributed by atoms with van der Waals surface area (Å²) in [7, 11) is 0. The lowest BCUT2D eigenvalue weighted by Crippen LogP contribution is -2.43. The van der Waals surface area contributed by atoms with Crippen LogP contribution in [0.4, 0.5) is 10.5 Å². The highest BCUT2D eigenvalue weighted by Crippen LogP contribution is 2.16. The molecule has 3 rings (SSSR count). The van der Waals surface area contributed by atoms with Gasteiger partial charge in [0.05, 0.1) is 25.9 Å². The number of aryl methyl sites for hydroxylation is 1. The third-order valence-corrected chi connectivity index (χ3v) is 4.69. The Hall–Kier alpha value is -2.37. The van der Waals surface area contributed by atoms with E-state index in [4.69, 9.17) is 9.47 Å². The number of piperidine rings is 1. The van der Waals surface area contributed by atoms with Crippen LogP contribution in [0, 0.1) is 6.92 Å². The fourth-order valence-corrected chi connectivity index (χ4v) is 3.19. The van der Waals surface area contributed by atoms with E-state index >= 15 is 0 Å². The van der Waals surface area contributed by atoms with Gasteiger partial charge in [0.2, 0.25) is 0 Å². The van der Waals surface area contributed by atoms with E-state index in [0.717, 1.165) is 24.1 Å². The van der Waals surface area contributed by atoms with Crippen LogP contribution in [-0.2, 0) is 16.1 Å². The van der Waals surface area contributed by atoms with Gasteiger partial charge in [0.15, 0.2) is 0 Å². The van der Waals surface area contributed by atoms with Crippen LogP contribution in [0.25, 0.3) is 0 Å². The molecule has 1 aliphatic heterocycles. The van der Waals surface area contributed by atoms with Crippen LogP contribution in [0.15, 0.2) is 54.6 Å². The fraction of sp³-hybridized carbons (Fsp3) is 0.409. The lowest BCUT2D eigenvalue weighted by molar-refractivity contribution is -0.0202. The lowest BCUT2D eigenvalue weighted by Gasteiger charge is -2.32. The summed E-state index contributed by atoms with van der Waals surface area (Å²) in [4.78, 5) is 14.2. The molecule has 0 atom stereocenters. The first-order valence-electron chi connectivity index (χ1n) is 9.56. The molecule has 1 N–H and O–H groups in total. The molecule has 5 nitrogen and oxygen atoms in total. The second kappa shape index (κ2) is 10.1. The number of nitrogens with one attached hydrogen (secondary N) is 1. The summed E-state index contributed by atoms with van der Waals surface area (Å²) in [6, 6.07) is 17.9. The van der Waals surface area contributed by atoms with Crippen molar-refractivity contribution in [1.82, 2.24) is 4.90 Å². The van der Waals surface area contributed by atoms with Gasteiger partial charge < -0.3 is 19.7 Å². The van der Waals surface area contributed by atoms with Crippen molar-refractivity contribution in [3.05, 3.63) is 65.7 Å². The topological polar surface area (TPSA) is 50.8 Å². The number of benzene rings is 2. The van der Waals surface area contributed by atoms with E-state index in [9.17, 15) is 4.79 Å². The Morgan fingerprint density at radius 3 is 2.59 bits per heavy atom. The molecule has 0 saturated carbocycles. The molecule has 1 aliphatic rings. The molecule has 1 fully saturated rings. The van der Waals surface area contributed by atoms with Gasteiger partial charge in [0, 0.05) is 18.8 Å². The maximum Gasteiger partial charge on any atom is 0.321 e. The van der Waals surface area contributed by atoms with E-state index in [1.54, 1.807) is 0 Å². The van der Waals surface area contributed by atoms with Gasteiger partial charge in [-0.15, -0.1) is 0 Å². The molecule has 0 spiro atoms. The Morgan fingerprint density at radius 1 is 1.07 bits per heavy atom. The molecule has 2 aromatic carbocycles. The summed E-state index contributed by atoms with van der Waals surface area (Å²) < 4.78 is 11.5. The minimum absolute atomic E-state index is 0.0368. The summed E-state index contributed by atoms with van der Waals surface area (Å²) in [5, 5.41) is 2.97. The van der Waals surface area contributed by atoms with E-state index < -0.39 is 0 Å². The normalized spacial score (nSPS) is 14.9. The van der Waals surface area contributed by atoms with E-state index in [-0.39, 0.29) is 12.1 Å². The molecule has 0 unspecified atom stereocenters. The molecular weight excluding hydrogens is 340 g/mol. The van der Waals surface area contributed by atoms with Gasteiger partial charge in [-0.2, -0.15) is 0 Å². The van der Waals surface area contributed by atoms with Crippen LogP contribution >= 0.6 is 0 Å². The maximum atomic E-state index is 12.4. The Kier molecular flexibility index (Phi) is 7.25. The van der Waals surface area contributed by atoms with Gasteiger partial charge in [-0.3, -0.25) is 0 Å². The Labute approximate surface area is 161 Å². The third-order valence-electron chi connectivity index (χ3n) is 4.69. The number of rotatable bonds is 7. The standard InChI is InChI=1S/C22H28N2O3/c1-18-6-5-9-20(16-18)23-22(25)24-12-10-21(11-13-24)27-15-14-26-17-19-7-3-2-4-8-19/h2-9,16,21H,10-15,17H2,1H3,(H,23,25). The number of carbonyl (C=O) groups is 1. The molecule has 5 heteroatoms. The number of amides is 2. The predicted molar refractivity (Wildman–Crippen MR) is 107 cm³/mol. The van der Waals surface area contributed by atoms with Crippen molar-refractivity contribution in [2.75, 3.05) is 31.6 Å². The number of anilines is 1. The van der Waals surface area contributed by atoms with Crippen LogP contribution in [0.5, 0.6) is 0 Å². The van der Waals surface area contributed by atoms with E-state index in [2.05, 4.69) is 17.4 Å². The molecule has 0 aromatic heterocycles. The number of hydrogen-bond acceptors (Lipinski definition) is 3. The summed E-state index contributed by atoms with van der Waals surface area (Å²) >= 11 is 0. The van der Waals surface area contributed by atoms with Crippen molar-refractivity contribution < 1.29 is 14.3 Å². The summed E-state index contributed by atoms with van der Waals surface area (Å²) in [5.74, 6) is 0. The van der Waals surface area contributed by atoms with E-state index in [1.165, 1.54) is 5.56 Å². The molecule has 2 amide bonds. The Balaban J connectivity index is 1.30. The van der Waals surface area contributed by atoms with Crippen molar-refractivity contribution in [2.45, 2.75) is 32.5 Å². The number of hydrogen-bond donors (Lipinski definition) is 1. The molecule has 2 aromatic rings. The molecule has 27 heavy (non-hydrogen) atoms. The maximum absolute atomic E-state index is 12.4. The summed E-state index contributed by atoms with van der Waals surface area (Å²) in [5.41, 5.74) is 3.15. The quantitative estimate of drug-likeness (QED) is 0.744. The molecular formula is C22H28N2O3. The van der Waals surface area contributed by atoms with Crippen molar-refractivity contribution in [2.24, 2.45) is 0 Å². The SMILES string of the molecule is Cc1cccc(NC(=O)N2CCC(OCCOCc3ccccc3)CC2)c1. The first kappa shape index (κ1) is 19.4. The Morgan fingerprint density at radius 2 is 1.85 bits per heavy atom. The summed E-state index contributed by atoms with van der Waals surface area (Å²) in [6.45, 7) is 5.24. The second-order valence-corrected chi connectivity index (χ2v) is 6.90. The zero-order valence-corrected chi connectivity index (χ0v) is 15.9. The fourth-order valence-electron chi connectivity index (χ4n) is 3.19. The van der Waals surface area contributed by atoms with Crippen molar-refractivity contribution in [3.63, 3.8) is 0 Å². The minimum atomic E-state index is -0.0368. The van der Waals surface area contributed by atoms with Crippen molar-refractivity contribution in [1.29, 1.82) is 0 Å². The smallest absolute Gasteiger partial charge is 0.321 e. The molecule has 144 valence electrons. The molecule has 1 heterocycles. The van der Waals surface area contributed by atoms with Gasteiger partial charge in [0.1, 0.15) is 0 Å². The molecule has 1 saturated heterocycles. The minimum Gasteiger partial charge on any atom is -0.376 e. The van der Waals surface area contributed by atoms with Gasteiger partial charge in [-0.1, -0.05) is 42.5 Å². The zero-order valence-electron chi connectivity index (χ0n) is 15.9. The number of urea groups is 1. The van der Waals surface area contributed by atoms with Crippen molar-refractivity contribution in [3.8, 4) is 0 Å². The number of ether oxygens (including phenoxy) is 2. The number of nitrogens with zero attached hydrogens (tertiary/aromatic N) is 1. The highest BCUT2D eigenvalue weighted by molar-refractivity contribution is 5.89. The summed E-state index contributed by atoms with van der Waals surface area (Å²) in [6.07, 6.45) is 1.92. The average molecular weight is 368 g/mol. The average Bonchev–Trinajstić information content (AvgIpc) is 2.69. The first-order valence-corrected chi connectivity index (χ1v) is 9.56. The van der Waals surface area contributed by atoms with Gasteiger partial charge in [0.25, 0.3) is 0 Å². The van der Waals surface area contributed by atoms with Crippen molar-refractivity contribution >= 4 is 11.7 Å². The highest BCUT2D eigenvalue weighted by Gasteiger charge is 2.23. The molecule has 0 aliphatic carbocycles. The van der Waals surface area contributed by atoms with Gasteiger partial charge in [-0.05, 0) is 43.0 Å². The Bertz CT molecular complexity index is 713. The number of carbonyl (C=O) groups excluding carboxylic acids is 1. The number of likely N-dealkylation sites (tertiary alicyclic amines) is 1. The van der Waals surface area contributed by atoms with Gasteiger partial charge >= 0.3 is 6.03 Å². The predicted octanol–water partition coefficient (Wildman–Crippen LogP) is 4.22. The highest BCUT2D eigenvalue weighted by atomic mass is 16.5. The van der Waals surface area contributed by atoms with E-state index in [1.807, 2.05) is 54.3 Å². The zero-order chi connectivity index (χ0) is 18.9. The largest absolute Gasteiger partial charge is 0.376 e. The lowest BCUT2D eigenvalue weighted by atomic mass is 10.1. The molecule has 0 radical (unpaired) electrons. The monoisotopic (exact) mass is 368 g/mol. The van der Waals surface area contributed by atoms with Crippen LogP contribution in [0.3, 0.4) is 0 Å². The second-order valence-electron chi connectivity index (χ2n) is 6.90. The molecule has 0 bridgehead atoms.